The average molecular weight is 346 g/mol. The minimum Gasteiger partial charge on any atom is -0.493 e. The van der Waals surface area contributed by atoms with Crippen molar-refractivity contribution < 1.29 is 14.3 Å². The lowest BCUT2D eigenvalue weighted by Crippen LogP contribution is -2.12. The first-order valence-corrected chi connectivity index (χ1v) is 9.00. The summed E-state index contributed by atoms with van der Waals surface area (Å²) < 4.78 is 10.5. The van der Waals surface area contributed by atoms with Crippen LogP contribution in [0.2, 0.25) is 0 Å². The first kappa shape index (κ1) is 16.8. The third kappa shape index (κ3) is 3.87. The van der Waals surface area contributed by atoms with Crippen molar-refractivity contribution >= 4 is 22.4 Å². The second-order valence-corrected chi connectivity index (χ2v) is 6.92. The molecule has 1 amide bonds. The van der Waals surface area contributed by atoms with E-state index in [1.54, 1.807) is 25.6 Å². The summed E-state index contributed by atoms with van der Waals surface area (Å²) >= 11 is 1.62. The van der Waals surface area contributed by atoms with Gasteiger partial charge < -0.3 is 14.8 Å². The van der Waals surface area contributed by atoms with Crippen LogP contribution in [0.15, 0.2) is 18.2 Å². The molecule has 0 aliphatic heterocycles. The molecule has 1 aromatic carbocycles. The number of aromatic nitrogens is 1. The Bertz CT molecular complexity index is 704. The smallest absolute Gasteiger partial charge is 0.226 e. The van der Waals surface area contributed by atoms with Gasteiger partial charge in [0.1, 0.15) is 0 Å². The van der Waals surface area contributed by atoms with Crippen molar-refractivity contribution in [3.05, 3.63) is 34.3 Å². The van der Waals surface area contributed by atoms with Crippen LogP contribution in [0.3, 0.4) is 0 Å². The predicted octanol–water partition coefficient (Wildman–Crippen LogP) is 3.61. The minimum absolute atomic E-state index is 0.00381. The van der Waals surface area contributed by atoms with Gasteiger partial charge in [0, 0.05) is 11.3 Å². The minimum atomic E-state index is -0.00381. The number of fused-ring (bicyclic) bond motifs is 1. The number of rotatable bonds is 6. The zero-order chi connectivity index (χ0) is 16.9. The number of ether oxygens (including phenoxy) is 2. The van der Waals surface area contributed by atoms with Crippen molar-refractivity contribution in [3.63, 3.8) is 0 Å². The predicted molar refractivity (Wildman–Crippen MR) is 95.3 cm³/mol. The van der Waals surface area contributed by atoms with Gasteiger partial charge in [-0.05, 0) is 49.8 Å². The summed E-state index contributed by atoms with van der Waals surface area (Å²) in [6.45, 7) is 0. The number of thiazole rings is 1. The van der Waals surface area contributed by atoms with E-state index in [-0.39, 0.29) is 5.91 Å². The van der Waals surface area contributed by atoms with Crippen molar-refractivity contribution in [1.82, 2.24) is 4.98 Å². The van der Waals surface area contributed by atoms with Gasteiger partial charge in [0.15, 0.2) is 16.6 Å². The molecular weight excluding hydrogens is 324 g/mol. The third-order valence-corrected chi connectivity index (χ3v) is 5.25. The number of hydrogen-bond donors (Lipinski definition) is 1. The van der Waals surface area contributed by atoms with E-state index in [9.17, 15) is 4.79 Å². The van der Waals surface area contributed by atoms with Crippen LogP contribution in [-0.4, -0.2) is 25.1 Å². The number of amides is 1. The van der Waals surface area contributed by atoms with Crippen molar-refractivity contribution in [2.75, 3.05) is 19.5 Å². The molecule has 0 unspecified atom stereocenters. The molecule has 1 aliphatic rings. The van der Waals surface area contributed by atoms with Crippen LogP contribution < -0.4 is 14.8 Å². The Kier molecular flexibility index (Phi) is 5.35. The molecule has 1 aliphatic carbocycles. The fourth-order valence-electron chi connectivity index (χ4n) is 2.88. The Balaban J connectivity index is 1.56. The molecule has 1 heterocycles. The molecule has 0 bridgehead atoms. The molecule has 6 heteroatoms. The van der Waals surface area contributed by atoms with Gasteiger partial charge in [-0.3, -0.25) is 4.79 Å². The van der Waals surface area contributed by atoms with Gasteiger partial charge >= 0.3 is 0 Å². The second-order valence-electron chi connectivity index (χ2n) is 5.83. The highest BCUT2D eigenvalue weighted by molar-refractivity contribution is 7.15. The van der Waals surface area contributed by atoms with Crippen LogP contribution in [0.25, 0.3) is 0 Å². The number of nitrogens with zero attached hydrogens (tertiary/aromatic N) is 1. The van der Waals surface area contributed by atoms with Crippen molar-refractivity contribution in [2.45, 2.75) is 38.5 Å². The van der Waals surface area contributed by atoms with Crippen LogP contribution in [0.4, 0.5) is 5.13 Å². The number of hydrogen-bond acceptors (Lipinski definition) is 5. The van der Waals surface area contributed by atoms with E-state index in [1.165, 1.54) is 23.4 Å². The first-order chi connectivity index (χ1) is 11.7. The van der Waals surface area contributed by atoms with Gasteiger partial charge in [0.2, 0.25) is 5.91 Å². The molecule has 1 N–H and O–H groups in total. The molecule has 0 saturated carbocycles. The number of benzene rings is 1. The largest absolute Gasteiger partial charge is 0.493 e. The fraction of sp³-hybridized carbons (Fsp3) is 0.444. The third-order valence-electron chi connectivity index (χ3n) is 4.18. The van der Waals surface area contributed by atoms with E-state index in [4.69, 9.17) is 9.47 Å². The monoisotopic (exact) mass is 346 g/mol. The SMILES string of the molecule is COc1ccc(CCC(=O)Nc2nc3c(s2)CCCC3)cc1OC. The molecule has 0 spiro atoms. The zero-order valence-corrected chi connectivity index (χ0v) is 14.9. The van der Waals surface area contributed by atoms with Gasteiger partial charge in [-0.1, -0.05) is 6.07 Å². The van der Waals surface area contributed by atoms with Crippen LogP contribution >= 0.6 is 11.3 Å². The number of carbonyl (C=O) groups is 1. The molecule has 1 aromatic heterocycles. The van der Waals surface area contributed by atoms with Crippen LogP contribution in [0.1, 0.15) is 35.4 Å². The Morgan fingerprint density at radius 1 is 1.21 bits per heavy atom. The molecule has 5 nitrogen and oxygen atoms in total. The van der Waals surface area contributed by atoms with Gasteiger partial charge in [-0.25, -0.2) is 4.98 Å². The molecule has 24 heavy (non-hydrogen) atoms. The molecule has 0 atom stereocenters. The lowest BCUT2D eigenvalue weighted by atomic mass is 10.0. The lowest BCUT2D eigenvalue weighted by Gasteiger charge is -2.09. The van der Waals surface area contributed by atoms with Crippen molar-refractivity contribution in [3.8, 4) is 11.5 Å². The first-order valence-electron chi connectivity index (χ1n) is 8.19. The summed E-state index contributed by atoms with van der Waals surface area (Å²) in [5.74, 6) is 1.37. The number of methoxy groups -OCH3 is 2. The average Bonchev–Trinajstić information content (AvgIpc) is 3.01. The van der Waals surface area contributed by atoms with Crippen molar-refractivity contribution in [1.29, 1.82) is 0 Å². The molecule has 3 rings (SSSR count). The summed E-state index contributed by atoms with van der Waals surface area (Å²) in [4.78, 5) is 18.1. The molecular formula is C18H22N2O3S. The summed E-state index contributed by atoms with van der Waals surface area (Å²) in [6.07, 6.45) is 5.62. The summed E-state index contributed by atoms with van der Waals surface area (Å²) in [5.41, 5.74) is 2.21. The number of nitrogens with one attached hydrogen (secondary N) is 1. The summed E-state index contributed by atoms with van der Waals surface area (Å²) in [5, 5.41) is 3.67. The molecule has 0 saturated heterocycles. The highest BCUT2D eigenvalue weighted by Crippen LogP contribution is 2.30. The van der Waals surface area contributed by atoms with E-state index in [0.717, 1.165) is 23.5 Å². The quantitative estimate of drug-likeness (QED) is 0.868. The van der Waals surface area contributed by atoms with E-state index in [0.29, 0.717) is 24.3 Å². The highest BCUT2D eigenvalue weighted by atomic mass is 32.1. The van der Waals surface area contributed by atoms with Gasteiger partial charge in [-0.2, -0.15) is 0 Å². The van der Waals surface area contributed by atoms with E-state index in [1.807, 2.05) is 18.2 Å². The molecule has 0 fully saturated rings. The number of aryl methyl sites for hydroxylation is 3. The maximum absolute atomic E-state index is 12.2. The Labute approximate surface area is 146 Å². The second kappa shape index (κ2) is 7.66. The van der Waals surface area contributed by atoms with Crippen LogP contribution in [0.5, 0.6) is 11.5 Å². The Hall–Kier alpha value is -2.08. The lowest BCUT2D eigenvalue weighted by molar-refractivity contribution is -0.116. The van der Waals surface area contributed by atoms with Gasteiger partial charge in [0.05, 0.1) is 19.9 Å². The topological polar surface area (TPSA) is 60.5 Å². The summed E-state index contributed by atoms with van der Waals surface area (Å²) in [6, 6.07) is 5.73. The normalized spacial score (nSPS) is 13.2. The molecule has 0 radical (unpaired) electrons. The van der Waals surface area contributed by atoms with E-state index >= 15 is 0 Å². The van der Waals surface area contributed by atoms with E-state index in [2.05, 4.69) is 10.3 Å². The fourth-order valence-corrected chi connectivity index (χ4v) is 3.95. The zero-order valence-electron chi connectivity index (χ0n) is 14.1. The van der Waals surface area contributed by atoms with Crippen LogP contribution in [-0.2, 0) is 24.1 Å². The maximum Gasteiger partial charge on any atom is 0.226 e. The molecule has 2 aromatic rings. The Morgan fingerprint density at radius 3 is 2.75 bits per heavy atom. The van der Waals surface area contributed by atoms with Gasteiger partial charge in [0.25, 0.3) is 0 Å². The number of anilines is 1. The summed E-state index contributed by atoms with van der Waals surface area (Å²) in [7, 11) is 3.22. The van der Waals surface area contributed by atoms with Gasteiger partial charge in [-0.15, -0.1) is 11.3 Å². The van der Waals surface area contributed by atoms with E-state index < -0.39 is 0 Å². The molecule has 128 valence electrons. The number of carbonyl (C=O) groups excluding carboxylic acids is 1. The Morgan fingerprint density at radius 2 is 2.00 bits per heavy atom. The standard InChI is InChI=1S/C18H22N2O3S/c1-22-14-9-7-12(11-15(14)23-2)8-10-17(21)20-18-19-13-5-3-4-6-16(13)24-18/h7,9,11H,3-6,8,10H2,1-2H3,(H,19,20,21). The highest BCUT2D eigenvalue weighted by Gasteiger charge is 2.16. The maximum atomic E-state index is 12.2. The van der Waals surface area contributed by atoms with Crippen molar-refractivity contribution in [2.24, 2.45) is 0 Å². The van der Waals surface area contributed by atoms with Crippen LogP contribution in [0, 0.1) is 0 Å².